The van der Waals surface area contributed by atoms with Crippen molar-refractivity contribution in [1.29, 1.82) is 0 Å². The van der Waals surface area contributed by atoms with Gasteiger partial charge in [0.2, 0.25) is 11.8 Å². The standard InChI is InChI=1S/C20H17N3O4S2/c24-18(21-14-7-2-1-3-8-14)13-17-20(25)22-15-9-4-5-10-16(15)23(17)29(26,27)19-11-6-12-28-19/h1-12,17H,13H2,(H,21,24)(H,22,25)/t17-/m1/s1. The first kappa shape index (κ1) is 19.2. The zero-order valence-corrected chi connectivity index (χ0v) is 16.7. The number of carbonyl (C=O) groups excluding carboxylic acids is 2. The second-order valence-corrected chi connectivity index (χ2v) is 9.36. The summed E-state index contributed by atoms with van der Waals surface area (Å²) in [4.78, 5) is 25.4. The molecule has 1 aliphatic rings. The van der Waals surface area contributed by atoms with Crippen LogP contribution in [0.2, 0.25) is 0 Å². The molecule has 4 rings (SSSR count). The van der Waals surface area contributed by atoms with E-state index in [-0.39, 0.29) is 10.6 Å². The van der Waals surface area contributed by atoms with E-state index in [1.54, 1.807) is 60.0 Å². The van der Waals surface area contributed by atoms with E-state index >= 15 is 0 Å². The van der Waals surface area contributed by atoms with Crippen LogP contribution in [0.1, 0.15) is 6.42 Å². The molecule has 2 amide bonds. The number of benzene rings is 2. The molecule has 9 heteroatoms. The van der Waals surface area contributed by atoms with Gasteiger partial charge < -0.3 is 10.6 Å². The lowest BCUT2D eigenvalue weighted by molar-refractivity contribution is -0.122. The van der Waals surface area contributed by atoms with E-state index in [2.05, 4.69) is 10.6 Å². The van der Waals surface area contributed by atoms with Crippen molar-refractivity contribution in [1.82, 2.24) is 0 Å². The van der Waals surface area contributed by atoms with E-state index < -0.39 is 27.9 Å². The highest BCUT2D eigenvalue weighted by atomic mass is 32.2. The number of hydrogen-bond donors (Lipinski definition) is 2. The highest BCUT2D eigenvalue weighted by Gasteiger charge is 2.42. The lowest BCUT2D eigenvalue weighted by Gasteiger charge is -2.36. The summed E-state index contributed by atoms with van der Waals surface area (Å²) in [6.07, 6.45) is -0.320. The Morgan fingerprint density at radius 2 is 1.76 bits per heavy atom. The third-order valence-corrected chi connectivity index (χ3v) is 7.63. The Morgan fingerprint density at radius 3 is 2.48 bits per heavy atom. The average Bonchev–Trinajstić information content (AvgIpc) is 3.25. The number of nitrogens with one attached hydrogen (secondary N) is 2. The van der Waals surface area contributed by atoms with Crippen LogP contribution in [0.5, 0.6) is 0 Å². The van der Waals surface area contributed by atoms with Crippen molar-refractivity contribution in [3.63, 3.8) is 0 Å². The van der Waals surface area contributed by atoms with Crippen LogP contribution in [0.3, 0.4) is 0 Å². The Bertz CT molecular complexity index is 1150. The first-order valence-corrected chi connectivity index (χ1v) is 11.1. The van der Waals surface area contributed by atoms with Crippen molar-refractivity contribution >= 4 is 50.2 Å². The molecule has 0 radical (unpaired) electrons. The van der Waals surface area contributed by atoms with Crippen LogP contribution in [0.4, 0.5) is 17.1 Å². The van der Waals surface area contributed by atoms with Gasteiger partial charge in [-0.1, -0.05) is 36.4 Å². The lowest BCUT2D eigenvalue weighted by Crippen LogP contribution is -2.52. The third kappa shape index (κ3) is 3.74. The molecule has 1 aromatic heterocycles. The number of rotatable bonds is 5. The summed E-state index contributed by atoms with van der Waals surface area (Å²) in [6.45, 7) is 0. The van der Waals surface area contributed by atoms with Gasteiger partial charge in [-0.15, -0.1) is 11.3 Å². The summed E-state index contributed by atoms with van der Waals surface area (Å²) < 4.78 is 27.8. The quantitative estimate of drug-likeness (QED) is 0.653. The van der Waals surface area contributed by atoms with Crippen LogP contribution >= 0.6 is 11.3 Å². The minimum absolute atomic E-state index is 0.107. The molecule has 2 heterocycles. The molecule has 0 aliphatic carbocycles. The van der Waals surface area contributed by atoms with Gasteiger partial charge in [-0.3, -0.25) is 13.9 Å². The van der Waals surface area contributed by atoms with Gasteiger partial charge in [0.15, 0.2) is 0 Å². The maximum Gasteiger partial charge on any atom is 0.274 e. The van der Waals surface area contributed by atoms with Crippen LogP contribution in [-0.2, 0) is 19.6 Å². The van der Waals surface area contributed by atoms with E-state index in [0.29, 0.717) is 17.1 Å². The Hall–Kier alpha value is -3.17. The molecule has 7 nitrogen and oxygen atoms in total. The molecule has 1 aliphatic heterocycles. The van der Waals surface area contributed by atoms with Crippen molar-refractivity contribution in [2.24, 2.45) is 0 Å². The Balaban J connectivity index is 1.71. The first-order chi connectivity index (χ1) is 14.0. The minimum atomic E-state index is -4.02. The number of fused-ring (bicyclic) bond motifs is 1. The van der Waals surface area contributed by atoms with Crippen molar-refractivity contribution in [3.8, 4) is 0 Å². The summed E-state index contributed by atoms with van der Waals surface area (Å²) >= 11 is 1.06. The van der Waals surface area contributed by atoms with Crippen molar-refractivity contribution in [3.05, 3.63) is 72.1 Å². The molecular formula is C20H17N3O4S2. The van der Waals surface area contributed by atoms with Gasteiger partial charge >= 0.3 is 0 Å². The van der Waals surface area contributed by atoms with E-state index in [0.717, 1.165) is 15.6 Å². The molecule has 3 aromatic rings. The molecule has 0 unspecified atom stereocenters. The summed E-state index contributed by atoms with van der Waals surface area (Å²) in [5.74, 6) is -1.01. The molecule has 0 saturated carbocycles. The normalized spacial score (nSPS) is 16.1. The number of amides is 2. The molecule has 2 aromatic carbocycles. The van der Waals surface area contributed by atoms with Gasteiger partial charge in [0.1, 0.15) is 10.3 Å². The van der Waals surface area contributed by atoms with Crippen LogP contribution in [0.25, 0.3) is 0 Å². The SMILES string of the molecule is O=C(C[C@@H]1C(=O)Nc2ccccc2N1S(=O)(=O)c1cccs1)Nc1ccccc1. The molecule has 29 heavy (non-hydrogen) atoms. The number of sulfonamides is 1. The van der Waals surface area contributed by atoms with Gasteiger partial charge in [0, 0.05) is 5.69 Å². The molecular weight excluding hydrogens is 410 g/mol. The molecule has 0 spiro atoms. The van der Waals surface area contributed by atoms with Crippen LogP contribution in [-0.4, -0.2) is 26.3 Å². The van der Waals surface area contributed by atoms with Gasteiger partial charge in [-0.25, -0.2) is 8.42 Å². The Morgan fingerprint density at radius 1 is 1.03 bits per heavy atom. The van der Waals surface area contributed by atoms with Crippen LogP contribution < -0.4 is 14.9 Å². The Kier molecular flexibility index (Phi) is 5.08. The maximum atomic E-state index is 13.3. The highest BCUT2D eigenvalue weighted by molar-refractivity contribution is 7.94. The van der Waals surface area contributed by atoms with E-state index in [4.69, 9.17) is 0 Å². The number of para-hydroxylation sites is 3. The Labute approximate surface area is 172 Å². The highest BCUT2D eigenvalue weighted by Crippen LogP contribution is 2.38. The second-order valence-electron chi connectivity index (χ2n) is 6.37. The van der Waals surface area contributed by atoms with Gasteiger partial charge in [-0.2, -0.15) is 0 Å². The molecule has 2 N–H and O–H groups in total. The summed E-state index contributed by atoms with van der Waals surface area (Å²) in [5.41, 5.74) is 1.29. The number of thiophene rings is 1. The second kappa shape index (κ2) is 7.69. The van der Waals surface area contributed by atoms with Gasteiger partial charge in [-0.05, 0) is 35.7 Å². The predicted octanol–water partition coefficient (Wildman–Crippen LogP) is 3.29. The fourth-order valence-corrected chi connectivity index (χ4v) is 5.86. The largest absolute Gasteiger partial charge is 0.326 e. The molecule has 148 valence electrons. The van der Waals surface area contributed by atoms with Gasteiger partial charge in [0.05, 0.1) is 17.8 Å². The zero-order chi connectivity index (χ0) is 20.4. The molecule has 0 saturated heterocycles. The lowest BCUT2D eigenvalue weighted by atomic mass is 10.1. The molecule has 0 bridgehead atoms. The van der Waals surface area contributed by atoms with Crippen molar-refractivity contribution in [2.75, 3.05) is 14.9 Å². The average molecular weight is 428 g/mol. The zero-order valence-electron chi connectivity index (χ0n) is 15.1. The summed E-state index contributed by atoms with van der Waals surface area (Å²) in [6, 6.07) is 17.3. The van der Waals surface area contributed by atoms with Crippen molar-refractivity contribution in [2.45, 2.75) is 16.7 Å². The van der Waals surface area contributed by atoms with E-state index in [1.165, 1.54) is 6.07 Å². The molecule has 0 fully saturated rings. The summed E-state index contributed by atoms with van der Waals surface area (Å²) in [7, 11) is -4.02. The summed E-state index contributed by atoms with van der Waals surface area (Å²) in [5, 5.41) is 7.06. The van der Waals surface area contributed by atoms with E-state index in [1.807, 2.05) is 6.07 Å². The fourth-order valence-electron chi connectivity index (χ4n) is 3.15. The van der Waals surface area contributed by atoms with Gasteiger partial charge in [0.25, 0.3) is 10.0 Å². The number of nitrogens with zero attached hydrogens (tertiary/aromatic N) is 1. The monoisotopic (exact) mass is 427 g/mol. The predicted molar refractivity (Wildman–Crippen MR) is 113 cm³/mol. The van der Waals surface area contributed by atoms with E-state index in [9.17, 15) is 18.0 Å². The van der Waals surface area contributed by atoms with Crippen molar-refractivity contribution < 1.29 is 18.0 Å². The minimum Gasteiger partial charge on any atom is -0.326 e. The maximum absolute atomic E-state index is 13.3. The number of carbonyl (C=O) groups is 2. The van der Waals surface area contributed by atoms with Crippen LogP contribution in [0, 0.1) is 0 Å². The topological polar surface area (TPSA) is 95.6 Å². The first-order valence-electron chi connectivity index (χ1n) is 8.79. The van der Waals surface area contributed by atoms with Crippen LogP contribution in [0.15, 0.2) is 76.3 Å². The number of anilines is 3. The third-order valence-electron chi connectivity index (χ3n) is 4.43. The molecule has 1 atom stereocenters. The fraction of sp³-hybridized carbons (Fsp3) is 0.100. The smallest absolute Gasteiger partial charge is 0.274 e. The number of hydrogen-bond acceptors (Lipinski definition) is 5.